The van der Waals surface area contributed by atoms with Gasteiger partial charge in [0, 0.05) is 44.4 Å². The second kappa shape index (κ2) is 12.0. The molecule has 2 atom stereocenters. The molecule has 0 saturated carbocycles. The number of amides is 2. The van der Waals surface area contributed by atoms with Crippen molar-refractivity contribution < 1.29 is 23.8 Å². The van der Waals surface area contributed by atoms with E-state index in [2.05, 4.69) is 0 Å². The Labute approximate surface area is 221 Å². The number of furan rings is 1. The molecule has 0 spiro atoms. The Kier molecular flexibility index (Phi) is 9.61. The minimum absolute atomic E-state index is 0. The van der Waals surface area contributed by atoms with Gasteiger partial charge in [0.25, 0.3) is 0 Å². The Morgan fingerprint density at radius 2 is 1.89 bits per heavy atom. The number of carboxylic acids is 1. The molecule has 11 heteroatoms. The highest BCUT2D eigenvalue weighted by Gasteiger charge is 2.29. The summed E-state index contributed by atoms with van der Waals surface area (Å²) in [6, 6.07) is 14.0. The van der Waals surface area contributed by atoms with Crippen LogP contribution in [0, 0.1) is 5.41 Å². The molecule has 1 aromatic heterocycles. The molecule has 0 aliphatic carbocycles. The Balaban J connectivity index is 0.00000228. The number of benzene rings is 2. The van der Waals surface area contributed by atoms with Gasteiger partial charge in [-0.25, -0.2) is 4.79 Å². The Bertz CT molecular complexity index is 1230. The highest BCUT2D eigenvalue weighted by molar-refractivity contribution is 5.98. The molecule has 1 aliphatic heterocycles. The van der Waals surface area contributed by atoms with Crippen LogP contribution < -0.4 is 10.5 Å². The first-order chi connectivity index (χ1) is 16.2. The van der Waals surface area contributed by atoms with Gasteiger partial charge in [-0.2, -0.15) is 0 Å². The highest BCUT2D eigenvalue weighted by Crippen LogP contribution is 2.28. The number of halogens is 2. The van der Waals surface area contributed by atoms with Crippen LogP contribution in [0.5, 0.6) is 5.75 Å². The summed E-state index contributed by atoms with van der Waals surface area (Å²) >= 11 is 0. The van der Waals surface area contributed by atoms with Crippen molar-refractivity contribution in [3.63, 3.8) is 0 Å². The van der Waals surface area contributed by atoms with Crippen molar-refractivity contribution in [1.82, 2.24) is 9.80 Å². The van der Waals surface area contributed by atoms with Gasteiger partial charge in [0.1, 0.15) is 29.0 Å². The maximum atomic E-state index is 12.1. The van der Waals surface area contributed by atoms with E-state index in [1.54, 1.807) is 72.4 Å². The SMILES string of the molecule is CN(C)C(=O)N1CC[C@H](Oc2ccc(C(Cc3cc4cc(C(=N)N)ccc4o3)C(=O)O)cc2)C1.Cl.Cl. The Hall–Kier alpha value is -3.43. The summed E-state index contributed by atoms with van der Waals surface area (Å²) in [5, 5.41) is 18.2. The van der Waals surface area contributed by atoms with Gasteiger partial charge in [0.15, 0.2) is 0 Å². The van der Waals surface area contributed by atoms with Crippen molar-refractivity contribution in [3.05, 3.63) is 65.4 Å². The number of nitrogens with one attached hydrogen (secondary N) is 1. The summed E-state index contributed by atoms with van der Waals surface area (Å²) in [7, 11) is 3.45. The summed E-state index contributed by atoms with van der Waals surface area (Å²) < 4.78 is 11.8. The van der Waals surface area contributed by atoms with Crippen LogP contribution in [0.4, 0.5) is 4.79 Å². The van der Waals surface area contributed by atoms with Gasteiger partial charge < -0.3 is 29.8 Å². The molecule has 2 amide bonds. The molecule has 4 rings (SSSR count). The van der Waals surface area contributed by atoms with Gasteiger partial charge in [-0.3, -0.25) is 10.2 Å². The van der Waals surface area contributed by atoms with E-state index in [9.17, 15) is 14.7 Å². The van der Waals surface area contributed by atoms with E-state index in [0.717, 1.165) is 11.8 Å². The lowest BCUT2D eigenvalue weighted by Gasteiger charge is -2.21. The minimum atomic E-state index is -0.952. The second-order valence-electron chi connectivity index (χ2n) is 8.69. The summed E-state index contributed by atoms with van der Waals surface area (Å²) in [5.41, 5.74) is 7.39. The minimum Gasteiger partial charge on any atom is -0.489 e. The predicted octanol–water partition coefficient (Wildman–Crippen LogP) is 4.11. The van der Waals surface area contributed by atoms with Crippen molar-refractivity contribution in [2.75, 3.05) is 27.2 Å². The monoisotopic (exact) mass is 536 g/mol. The van der Waals surface area contributed by atoms with Gasteiger partial charge in [-0.1, -0.05) is 12.1 Å². The van der Waals surface area contributed by atoms with E-state index in [1.807, 2.05) is 0 Å². The molecule has 36 heavy (non-hydrogen) atoms. The number of aliphatic carboxylic acids is 1. The lowest BCUT2D eigenvalue weighted by Crippen LogP contribution is -2.38. The average Bonchev–Trinajstić information content (AvgIpc) is 3.43. The number of nitrogens with zero attached hydrogens (tertiary/aromatic N) is 2. The van der Waals surface area contributed by atoms with E-state index in [-0.39, 0.29) is 49.2 Å². The number of carbonyl (C=O) groups is 2. The fourth-order valence-electron chi connectivity index (χ4n) is 4.17. The third kappa shape index (κ3) is 6.41. The maximum Gasteiger partial charge on any atom is 0.319 e. The Morgan fingerprint density at radius 3 is 2.50 bits per heavy atom. The number of urea groups is 1. The van der Waals surface area contributed by atoms with Crippen molar-refractivity contribution in [1.29, 1.82) is 5.41 Å². The third-order valence-electron chi connectivity index (χ3n) is 5.97. The molecule has 9 nitrogen and oxygen atoms in total. The van der Waals surface area contributed by atoms with Gasteiger partial charge >= 0.3 is 12.0 Å². The van der Waals surface area contributed by atoms with Crippen molar-refractivity contribution in [3.8, 4) is 5.75 Å². The van der Waals surface area contributed by atoms with Crippen molar-refractivity contribution >= 4 is 53.6 Å². The molecule has 0 bridgehead atoms. The topological polar surface area (TPSA) is 133 Å². The molecule has 1 aliphatic rings. The average molecular weight is 537 g/mol. The van der Waals surface area contributed by atoms with E-state index < -0.39 is 11.9 Å². The molecular formula is C25H30Cl2N4O5. The molecule has 194 valence electrons. The molecule has 1 saturated heterocycles. The number of ether oxygens (including phenoxy) is 1. The van der Waals surface area contributed by atoms with Crippen molar-refractivity contribution in [2.24, 2.45) is 5.73 Å². The van der Waals surface area contributed by atoms with E-state index in [4.69, 9.17) is 20.3 Å². The summed E-state index contributed by atoms with van der Waals surface area (Å²) in [6.07, 6.45) is 0.834. The number of carbonyl (C=O) groups excluding carboxylic acids is 1. The van der Waals surface area contributed by atoms with E-state index in [0.29, 0.717) is 41.3 Å². The van der Waals surface area contributed by atoms with Crippen LogP contribution in [0.1, 0.15) is 29.2 Å². The number of fused-ring (bicyclic) bond motifs is 1. The van der Waals surface area contributed by atoms with Crippen LogP contribution in [-0.4, -0.2) is 66.0 Å². The van der Waals surface area contributed by atoms with E-state index in [1.165, 1.54) is 0 Å². The maximum absolute atomic E-state index is 12.1. The standard InChI is InChI=1S/C25H28N4O5.2ClH/c1-28(2)25(32)29-10-9-19(14-29)33-18-6-3-15(4-7-18)21(24(30)31)13-20-12-17-11-16(23(26)27)5-8-22(17)34-20;;/h3-8,11-12,19,21H,9-10,13-14H2,1-2H3,(H3,26,27)(H,30,31);2*1H/t19-,21?;;/m0../s1. The van der Waals surface area contributed by atoms with Crippen LogP contribution in [-0.2, 0) is 11.2 Å². The molecule has 3 aromatic rings. The highest BCUT2D eigenvalue weighted by atomic mass is 35.5. The van der Waals surface area contributed by atoms with Gasteiger partial charge in [-0.15, -0.1) is 24.8 Å². The molecule has 2 heterocycles. The Morgan fingerprint density at radius 1 is 1.19 bits per heavy atom. The number of rotatable bonds is 7. The lowest BCUT2D eigenvalue weighted by molar-refractivity contribution is -0.138. The van der Waals surface area contributed by atoms with Crippen LogP contribution in [0.25, 0.3) is 11.0 Å². The number of hydrogen-bond acceptors (Lipinski definition) is 5. The molecule has 1 fully saturated rings. The molecule has 2 aromatic carbocycles. The predicted molar refractivity (Wildman–Crippen MR) is 142 cm³/mol. The molecule has 1 unspecified atom stereocenters. The number of carboxylic acid groups (broad SMARTS) is 1. The van der Waals surface area contributed by atoms with Crippen LogP contribution >= 0.6 is 24.8 Å². The molecule has 0 radical (unpaired) electrons. The van der Waals surface area contributed by atoms with Crippen LogP contribution in [0.2, 0.25) is 0 Å². The largest absolute Gasteiger partial charge is 0.489 e. The van der Waals surface area contributed by atoms with Crippen LogP contribution in [0.3, 0.4) is 0 Å². The summed E-state index contributed by atoms with van der Waals surface area (Å²) in [4.78, 5) is 27.4. The van der Waals surface area contributed by atoms with Gasteiger partial charge in [0.2, 0.25) is 0 Å². The summed E-state index contributed by atoms with van der Waals surface area (Å²) in [5.74, 6) is -0.601. The number of nitrogen functional groups attached to an aromatic ring is 1. The summed E-state index contributed by atoms with van der Waals surface area (Å²) in [6.45, 7) is 1.17. The van der Waals surface area contributed by atoms with Crippen LogP contribution in [0.15, 0.2) is 52.9 Å². The van der Waals surface area contributed by atoms with Gasteiger partial charge in [-0.05, 0) is 42.0 Å². The molecular weight excluding hydrogens is 507 g/mol. The third-order valence-corrected chi connectivity index (χ3v) is 5.97. The van der Waals surface area contributed by atoms with Crippen molar-refractivity contribution in [2.45, 2.75) is 24.9 Å². The zero-order chi connectivity index (χ0) is 24.4. The first kappa shape index (κ1) is 28.8. The smallest absolute Gasteiger partial charge is 0.319 e. The fraction of sp³-hybridized carbons (Fsp3) is 0.320. The first-order valence-electron chi connectivity index (χ1n) is 11.0. The first-order valence-corrected chi connectivity index (χ1v) is 11.0. The number of nitrogens with two attached hydrogens (primary N) is 1. The number of hydrogen-bond donors (Lipinski definition) is 3. The quantitative estimate of drug-likeness (QED) is 0.307. The molecule has 4 N–H and O–H groups in total. The van der Waals surface area contributed by atoms with Gasteiger partial charge in [0.05, 0.1) is 12.5 Å². The second-order valence-corrected chi connectivity index (χ2v) is 8.69. The van der Waals surface area contributed by atoms with E-state index >= 15 is 0 Å². The zero-order valence-electron chi connectivity index (χ0n) is 20.0. The number of likely N-dealkylation sites (tertiary alicyclic amines) is 1. The number of amidine groups is 1. The zero-order valence-corrected chi connectivity index (χ0v) is 21.6. The lowest BCUT2D eigenvalue weighted by atomic mass is 9.94. The normalized spacial score (nSPS) is 15.5. The fourth-order valence-corrected chi connectivity index (χ4v) is 4.17.